The number of imidazole rings is 1. The van der Waals surface area contributed by atoms with E-state index in [2.05, 4.69) is 4.98 Å². The topological polar surface area (TPSA) is 105 Å². The van der Waals surface area contributed by atoms with E-state index in [1.165, 1.54) is 0 Å². The Labute approximate surface area is 116 Å². The second-order valence-corrected chi connectivity index (χ2v) is 4.26. The molecule has 0 saturated heterocycles. The lowest BCUT2D eigenvalue weighted by molar-refractivity contribution is 0.153. The summed E-state index contributed by atoms with van der Waals surface area (Å²) >= 11 is 0. The number of benzene rings is 1. The van der Waals surface area contributed by atoms with Gasteiger partial charge in [-0.2, -0.15) is 0 Å². The number of anilines is 1. The van der Waals surface area contributed by atoms with E-state index in [4.69, 9.17) is 20.9 Å². The van der Waals surface area contributed by atoms with E-state index in [9.17, 15) is 4.79 Å². The highest BCUT2D eigenvalue weighted by Gasteiger charge is 2.12. The SMILES string of the molecule is CCCOc1cccc2c1nc(N)n2CCOC(N)=O. The number of aromatic nitrogens is 2. The van der Waals surface area contributed by atoms with Crippen LogP contribution in [0, 0.1) is 0 Å². The molecule has 108 valence electrons. The number of hydrogen-bond acceptors (Lipinski definition) is 5. The Balaban J connectivity index is 2.26. The van der Waals surface area contributed by atoms with E-state index in [1.54, 1.807) is 4.57 Å². The van der Waals surface area contributed by atoms with Gasteiger partial charge >= 0.3 is 6.09 Å². The van der Waals surface area contributed by atoms with E-state index in [0.29, 0.717) is 30.4 Å². The summed E-state index contributed by atoms with van der Waals surface area (Å²) in [5, 5.41) is 0. The van der Waals surface area contributed by atoms with Crippen LogP contribution in [-0.4, -0.2) is 28.9 Å². The lowest BCUT2D eigenvalue weighted by Crippen LogP contribution is -2.17. The van der Waals surface area contributed by atoms with Crippen molar-refractivity contribution in [2.45, 2.75) is 19.9 Å². The van der Waals surface area contributed by atoms with Crippen LogP contribution in [-0.2, 0) is 11.3 Å². The van der Waals surface area contributed by atoms with E-state index in [1.807, 2.05) is 25.1 Å². The van der Waals surface area contributed by atoms with Crippen LogP contribution in [0.1, 0.15) is 13.3 Å². The summed E-state index contributed by atoms with van der Waals surface area (Å²) in [7, 11) is 0. The predicted molar refractivity (Wildman–Crippen MR) is 75.5 cm³/mol. The Morgan fingerprint density at radius 3 is 2.90 bits per heavy atom. The Morgan fingerprint density at radius 1 is 1.40 bits per heavy atom. The molecule has 4 N–H and O–H groups in total. The molecule has 0 saturated carbocycles. The minimum atomic E-state index is -0.806. The summed E-state index contributed by atoms with van der Waals surface area (Å²) in [6, 6.07) is 5.62. The zero-order valence-electron chi connectivity index (χ0n) is 11.3. The van der Waals surface area contributed by atoms with Gasteiger partial charge in [-0.25, -0.2) is 9.78 Å². The Bertz CT molecular complexity index is 609. The number of ether oxygens (including phenoxy) is 2. The van der Waals surface area contributed by atoms with E-state index < -0.39 is 6.09 Å². The van der Waals surface area contributed by atoms with Gasteiger partial charge < -0.3 is 25.5 Å². The van der Waals surface area contributed by atoms with Crippen molar-refractivity contribution in [2.75, 3.05) is 18.9 Å². The minimum absolute atomic E-state index is 0.144. The molecular weight excluding hydrogens is 260 g/mol. The molecule has 1 amide bonds. The third-order valence-electron chi connectivity index (χ3n) is 2.79. The summed E-state index contributed by atoms with van der Waals surface area (Å²) in [5.41, 5.74) is 12.4. The quantitative estimate of drug-likeness (QED) is 0.833. The van der Waals surface area contributed by atoms with Crippen molar-refractivity contribution < 1.29 is 14.3 Å². The highest BCUT2D eigenvalue weighted by Crippen LogP contribution is 2.27. The maximum Gasteiger partial charge on any atom is 0.404 e. The van der Waals surface area contributed by atoms with Crippen LogP contribution in [0.5, 0.6) is 5.75 Å². The zero-order chi connectivity index (χ0) is 14.5. The van der Waals surface area contributed by atoms with E-state index in [0.717, 1.165) is 11.9 Å². The summed E-state index contributed by atoms with van der Waals surface area (Å²) < 4.78 is 12.1. The molecule has 7 heteroatoms. The molecule has 0 aliphatic carbocycles. The summed E-state index contributed by atoms with van der Waals surface area (Å²) in [4.78, 5) is 14.9. The predicted octanol–water partition coefficient (Wildman–Crippen LogP) is 1.50. The normalized spacial score (nSPS) is 10.7. The van der Waals surface area contributed by atoms with Crippen LogP contribution in [0.25, 0.3) is 11.0 Å². The number of rotatable bonds is 6. The molecule has 20 heavy (non-hydrogen) atoms. The van der Waals surface area contributed by atoms with Crippen LogP contribution in [0.15, 0.2) is 18.2 Å². The lowest BCUT2D eigenvalue weighted by Gasteiger charge is -2.07. The fraction of sp³-hybridized carbons (Fsp3) is 0.385. The van der Waals surface area contributed by atoms with Crippen molar-refractivity contribution in [2.24, 2.45) is 5.73 Å². The van der Waals surface area contributed by atoms with E-state index >= 15 is 0 Å². The lowest BCUT2D eigenvalue weighted by atomic mass is 10.3. The first-order chi connectivity index (χ1) is 9.63. The first-order valence-corrected chi connectivity index (χ1v) is 6.43. The fourth-order valence-electron chi connectivity index (χ4n) is 1.94. The largest absolute Gasteiger partial charge is 0.491 e. The fourth-order valence-corrected chi connectivity index (χ4v) is 1.94. The highest BCUT2D eigenvalue weighted by molar-refractivity contribution is 5.84. The first kappa shape index (κ1) is 14.0. The van der Waals surface area contributed by atoms with Crippen molar-refractivity contribution in [3.8, 4) is 5.75 Å². The van der Waals surface area contributed by atoms with Crippen LogP contribution >= 0.6 is 0 Å². The highest BCUT2D eigenvalue weighted by atomic mass is 16.5. The van der Waals surface area contributed by atoms with Gasteiger partial charge in [0.15, 0.2) is 0 Å². The van der Waals surface area contributed by atoms with E-state index in [-0.39, 0.29) is 6.61 Å². The van der Waals surface area contributed by atoms with Crippen LogP contribution in [0.2, 0.25) is 0 Å². The number of primary amides is 1. The number of nitrogens with two attached hydrogens (primary N) is 2. The molecule has 0 atom stereocenters. The molecule has 1 aromatic heterocycles. The third kappa shape index (κ3) is 2.93. The molecule has 2 rings (SSSR count). The van der Waals surface area contributed by atoms with Gasteiger partial charge in [0.1, 0.15) is 17.9 Å². The van der Waals surface area contributed by atoms with Crippen LogP contribution in [0.4, 0.5) is 10.7 Å². The number of para-hydroxylation sites is 1. The van der Waals surface area contributed by atoms with Gasteiger partial charge in [0.05, 0.1) is 18.7 Å². The standard InChI is InChI=1S/C13H18N4O3/c1-2-7-19-10-5-3-4-9-11(10)16-12(14)17(9)6-8-20-13(15)18/h3-5H,2,6-8H2,1H3,(H2,14,16)(H2,15,18). The summed E-state index contributed by atoms with van der Waals surface area (Å²) in [6.45, 7) is 3.19. The number of fused-ring (bicyclic) bond motifs is 1. The molecule has 0 bridgehead atoms. The average Bonchev–Trinajstić information content (AvgIpc) is 2.73. The van der Waals surface area contributed by atoms with Gasteiger partial charge in [0, 0.05) is 0 Å². The van der Waals surface area contributed by atoms with Gasteiger partial charge in [0.2, 0.25) is 5.95 Å². The second kappa shape index (κ2) is 6.14. The number of nitrogen functional groups attached to an aromatic ring is 1. The molecular formula is C13H18N4O3. The van der Waals surface area contributed by atoms with Gasteiger partial charge in [-0.05, 0) is 18.6 Å². The molecule has 0 spiro atoms. The van der Waals surface area contributed by atoms with Crippen molar-refractivity contribution >= 4 is 23.1 Å². The number of carbonyl (C=O) groups excluding carboxylic acids is 1. The Morgan fingerprint density at radius 2 is 2.20 bits per heavy atom. The van der Waals surface area contributed by atoms with Gasteiger partial charge in [-0.15, -0.1) is 0 Å². The molecule has 0 radical (unpaired) electrons. The minimum Gasteiger partial charge on any atom is -0.491 e. The van der Waals surface area contributed by atoms with Crippen LogP contribution < -0.4 is 16.2 Å². The molecule has 0 aliphatic rings. The summed E-state index contributed by atoms with van der Waals surface area (Å²) in [6.07, 6.45) is 0.110. The monoisotopic (exact) mass is 278 g/mol. The molecule has 1 heterocycles. The molecule has 0 unspecified atom stereocenters. The van der Waals surface area contributed by atoms with Crippen molar-refractivity contribution in [1.29, 1.82) is 0 Å². The second-order valence-electron chi connectivity index (χ2n) is 4.26. The molecule has 1 aromatic carbocycles. The first-order valence-electron chi connectivity index (χ1n) is 6.43. The van der Waals surface area contributed by atoms with Gasteiger partial charge in [-0.1, -0.05) is 13.0 Å². The number of carbonyl (C=O) groups is 1. The average molecular weight is 278 g/mol. The Kier molecular flexibility index (Phi) is 4.29. The molecule has 0 fully saturated rings. The Hall–Kier alpha value is -2.44. The van der Waals surface area contributed by atoms with Gasteiger partial charge in [0.25, 0.3) is 0 Å². The smallest absolute Gasteiger partial charge is 0.404 e. The molecule has 7 nitrogen and oxygen atoms in total. The third-order valence-corrected chi connectivity index (χ3v) is 2.79. The van der Waals surface area contributed by atoms with Gasteiger partial charge in [-0.3, -0.25) is 0 Å². The van der Waals surface area contributed by atoms with Crippen molar-refractivity contribution in [3.63, 3.8) is 0 Å². The van der Waals surface area contributed by atoms with Crippen molar-refractivity contribution in [1.82, 2.24) is 9.55 Å². The van der Waals surface area contributed by atoms with Crippen LogP contribution in [0.3, 0.4) is 0 Å². The molecule has 2 aromatic rings. The maximum atomic E-state index is 10.6. The number of hydrogen-bond donors (Lipinski definition) is 2. The number of amides is 1. The van der Waals surface area contributed by atoms with Crippen molar-refractivity contribution in [3.05, 3.63) is 18.2 Å². The molecule has 0 aliphatic heterocycles. The summed E-state index contributed by atoms with van der Waals surface area (Å²) in [5.74, 6) is 1.05. The number of nitrogens with zero attached hydrogens (tertiary/aromatic N) is 2. The maximum absolute atomic E-state index is 10.6. The zero-order valence-corrected chi connectivity index (χ0v) is 11.3.